The molecule has 0 aliphatic carbocycles. The van der Waals surface area contributed by atoms with Crippen LogP contribution in [0.4, 0.5) is 4.79 Å². The fourth-order valence-corrected chi connectivity index (χ4v) is 3.60. The van der Waals surface area contributed by atoms with Gasteiger partial charge < -0.3 is 24.8 Å². The molecule has 4 N–H and O–H groups in total. The molecular weight excluding hydrogens is 500 g/mol. The maximum absolute atomic E-state index is 13.0. The predicted octanol–water partition coefficient (Wildman–Crippen LogP) is 3.76. The number of hydrogen-bond acceptors (Lipinski definition) is 6. The highest BCUT2D eigenvalue weighted by molar-refractivity contribution is 6.24. The van der Waals surface area contributed by atoms with E-state index in [-0.39, 0.29) is 18.2 Å². The molecule has 10 heteroatoms. The number of nitrogens with zero attached hydrogens (tertiary/aromatic N) is 1. The highest BCUT2D eigenvalue weighted by Crippen LogP contribution is 2.29. The minimum absolute atomic E-state index is 0.153. The van der Waals surface area contributed by atoms with E-state index in [1.807, 2.05) is 41.8 Å². The lowest BCUT2D eigenvalue weighted by Gasteiger charge is -2.15. The van der Waals surface area contributed by atoms with E-state index >= 15 is 0 Å². The Bertz CT molecular complexity index is 1310. The summed E-state index contributed by atoms with van der Waals surface area (Å²) >= 11 is 0. The predicted molar refractivity (Wildman–Crippen MR) is 148 cm³/mol. The number of hydrazine groups is 1. The van der Waals surface area contributed by atoms with Gasteiger partial charge in [0, 0.05) is 32.2 Å². The van der Waals surface area contributed by atoms with E-state index in [4.69, 9.17) is 19.9 Å². The molecule has 0 spiro atoms. The second-order valence-corrected chi connectivity index (χ2v) is 8.71. The van der Waals surface area contributed by atoms with Crippen LogP contribution in [0.15, 0.2) is 66.7 Å². The largest absolute Gasteiger partial charge is 0.497 e. The number of nitrogens with two attached hydrogens (primary N) is 1. The van der Waals surface area contributed by atoms with Crippen molar-refractivity contribution in [2.24, 2.45) is 5.73 Å². The molecule has 0 saturated heterocycles. The van der Waals surface area contributed by atoms with Gasteiger partial charge in [-0.3, -0.25) is 15.0 Å². The zero-order chi connectivity index (χ0) is 28.4. The molecule has 0 fully saturated rings. The lowest BCUT2D eigenvalue weighted by atomic mass is 10.0. The van der Waals surface area contributed by atoms with Gasteiger partial charge in [-0.15, -0.1) is 0 Å². The number of methoxy groups -OCH3 is 2. The van der Waals surface area contributed by atoms with Crippen molar-refractivity contribution in [3.8, 4) is 23.0 Å². The van der Waals surface area contributed by atoms with Crippen molar-refractivity contribution in [3.63, 3.8) is 0 Å². The molecule has 0 aliphatic heterocycles. The fraction of sp³-hybridized carbons (Fsp3) is 0.207. The number of carbonyl (C=O) groups is 3. The second-order valence-electron chi connectivity index (χ2n) is 8.71. The molecule has 0 bridgehead atoms. The number of ether oxygens (including phenoxy) is 3. The third kappa shape index (κ3) is 8.53. The summed E-state index contributed by atoms with van der Waals surface area (Å²) in [5.41, 5.74) is 12.1. The zero-order valence-electron chi connectivity index (χ0n) is 22.3. The molecule has 0 radical (unpaired) electrons. The van der Waals surface area contributed by atoms with Crippen molar-refractivity contribution >= 4 is 29.5 Å². The number of hydrogen-bond donors (Lipinski definition) is 3. The quantitative estimate of drug-likeness (QED) is 0.207. The highest BCUT2D eigenvalue weighted by Gasteiger charge is 2.15. The molecule has 0 aliphatic rings. The molecule has 0 atom stereocenters. The Morgan fingerprint density at radius 2 is 1.38 bits per heavy atom. The smallest absolute Gasteiger partial charge is 0.330 e. The van der Waals surface area contributed by atoms with Crippen LogP contribution < -0.4 is 30.8 Å². The van der Waals surface area contributed by atoms with Crippen LogP contribution in [0.2, 0.25) is 0 Å². The SMILES string of the molecule is COc1cc(/C=C(/C(=O)N(C)C)c2ccc(Oc3ccc(CCC(=O)NNC(N)=O)cc3)cc2)cc(OC)c1. The Kier molecular flexibility index (Phi) is 9.91. The van der Waals surface area contributed by atoms with Crippen LogP contribution in [0.3, 0.4) is 0 Å². The van der Waals surface area contributed by atoms with Gasteiger partial charge in [0.2, 0.25) is 5.91 Å². The van der Waals surface area contributed by atoms with Gasteiger partial charge in [-0.2, -0.15) is 0 Å². The van der Waals surface area contributed by atoms with E-state index in [2.05, 4.69) is 5.43 Å². The molecule has 0 heterocycles. The average molecular weight is 533 g/mol. The molecule has 3 aromatic rings. The number of nitrogens with one attached hydrogen (secondary N) is 2. The summed E-state index contributed by atoms with van der Waals surface area (Å²) in [6, 6.07) is 19.2. The lowest BCUT2D eigenvalue weighted by Crippen LogP contribution is -2.44. The van der Waals surface area contributed by atoms with Crippen molar-refractivity contribution in [3.05, 3.63) is 83.4 Å². The van der Waals surface area contributed by atoms with Gasteiger partial charge in [-0.05, 0) is 65.6 Å². The number of primary amides is 1. The number of amides is 4. The van der Waals surface area contributed by atoms with Crippen molar-refractivity contribution in [2.75, 3.05) is 28.3 Å². The van der Waals surface area contributed by atoms with Crippen molar-refractivity contribution in [2.45, 2.75) is 12.8 Å². The summed E-state index contributed by atoms with van der Waals surface area (Å²) in [6.07, 6.45) is 2.47. The molecular formula is C29H32N4O6. The summed E-state index contributed by atoms with van der Waals surface area (Å²) in [4.78, 5) is 36.9. The molecule has 0 saturated carbocycles. The zero-order valence-corrected chi connectivity index (χ0v) is 22.3. The molecule has 4 amide bonds. The lowest BCUT2D eigenvalue weighted by molar-refractivity contribution is -0.123. The maximum Gasteiger partial charge on any atom is 0.330 e. The van der Waals surface area contributed by atoms with E-state index in [1.54, 1.807) is 64.7 Å². The van der Waals surface area contributed by atoms with Crippen molar-refractivity contribution < 1.29 is 28.6 Å². The standard InChI is InChI=1S/C29H32N4O6/c1-33(2)28(35)26(17-20-15-24(37-3)18-25(16-20)38-4)21-8-12-23(13-9-21)39-22-10-5-19(6-11-22)7-14-27(34)31-32-29(30)36/h5-6,8-13,15-18H,7,14H2,1-4H3,(H,31,34)(H3,30,32,36)/b26-17+. The van der Waals surface area contributed by atoms with Crippen LogP contribution in [0.1, 0.15) is 23.1 Å². The van der Waals surface area contributed by atoms with Gasteiger partial charge in [0.25, 0.3) is 5.91 Å². The van der Waals surface area contributed by atoms with Crippen LogP contribution in [0, 0.1) is 0 Å². The Labute approximate surface area is 227 Å². The van der Waals surface area contributed by atoms with E-state index < -0.39 is 6.03 Å². The monoisotopic (exact) mass is 532 g/mol. The number of aryl methyl sites for hydroxylation is 1. The third-order valence-electron chi connectivity index (χ3n) is 5.61. The molecule has 10 nitrogen and oxygen atoms in total. The Morgan fingerprint density at radius 1 is 0.821 bits per heavy atom. The molecule has 3 aromatic carbocycles. The van der Waals surface area contributed by atoms with Gasteiger partial charge in [-0.25, -0.2) is 10.2 Å². The Balaban J connectivity index is 1.73. The van der Waals surface area contributed by atoms with E-state index in [9.17, 15) is 14.4 Å². The van der Waals surface area contributed by atoms with Crippen molar-refractivity contribution in [1.29, 1.82) is 0 Å². The first-order valence-electron chi connectivity index (χ1n) is 12.1. The van der Waals surface area contributed by atoms with Gasteiger partial charge in [0.15, 0.2) is 0 Å². The molecule has 39 heavy (non-hydrogen) atoms. The minimum atomic E-state index is -0.827. The first-order chi connectivity index (χ1) is 18.7. The van der Waals surface area contributed by atoms with E-state index in [0.717, 1.165) is 16.7 Å². The molecule has 3 rings (SSSR count). The van der Waals surface area contributed by atoms with Crippen LogP contribution in [0.25, 0.3) is 11.6 Å². The van der Waals surface area contributed by atoms with Crippen LogP contribution in [-0.4, -0.2) is 51.1 Å². The third-order valence-corrected chi connectivity index (χ3v) is 5.61. The summed E-state index contributed by atoms with van der Waals surface area (Å²) in [7, 11) is 6.55. The van der Waals surface area contributed by atoms with E-state index in [1.165, 1.54) is 4.90 Å². The summed E-state index contributed by atoms with van der Waals surface area (Å²) in [5, 5.41) is 0. The van der Waals surface area contributed by atoms with Gasteiger partial charge >= 0.3 is 6.03 Å². The minimum Gasteiger partial charge on any atom is -0.497 e. The Morgan fingerprint density at radius 3 is 1.90 bits per heavy atom. The second kappa shape index (κ2) is 13.5. The summed E-state index contributed by atoms with van der Waals surface area (Å²) in [6.45, 7) is 0. The van der Waals surface area contributed by atoms with Gasteiger partial charge in [0.05, 0.1) is 14.2 Å². The first kappa shape index (κ1) is 28.6. The van der Waals surface area contributed by atoms with Crippen LogP contribution >= 0.6 is 0 Å². The number of benzene rings is 3. The van der Waals surface area contributed by atoms with E-state index in [0.29, 0.717) is 35.0 Å². The first-order valence-corrected chi connectivity index (χ1v) is 12.1. The van der Waals surface area contributed by atoms with Crippen LogP contribution in [0.5, 0.6) is 23.0 Å². The average Bonchev–Trinajstić information content (AvgIpc) is 2.94. The van der Waals surface area contributed by atoms with Gasteiger partial charge in [-0.1, -0.05) is 24.3 Å². The number of rotatable bonds is 10. The number of likely N-dealkylation sites (N-methyl/N-ethyl adjacent to an activating group) is 1. The molecule has 0 aromatic heterocycles. The summed E-state index contributed by atoms with van der Waals surface area (Å²) in [5.74, 6) is 1.96. The normalized spacial score (nSPS) is 10.8. The maximum atomic E-state index is 13.0. The molecule has 204 valence electrons. The Hall–Kier alpha value is -4.99. The van der Waals surface area contributed by atoms with Gasteiger partial charge in [0.1, 0.15) is 23.0 Å². The number of urea groups is 1. The van der Waals surface area contributed by atoms with Crippen molar-refractivity contribution in [1.82, 2.24) is 15.8 Å². The molecule has 0 unspecified atom stereocenters. The topological polar surface area (TPSA) is 132 Å². The summed E-state index contributed by atoms with van der Waals surface area (Å²) < 4.78 is 16.7. The number of carbonyl (C=O) groups excluding carboxylic acids is 3. The fourth-order valence-electron chi connectivity index (χ4n) is 3.60. The van der Waals surface area contributed by atoms with Crippen LogP contribution in [-0.2, 0) is 16.0 Å². The highest BCUT2D eigenvalue weighted by atomic mass is 16.5.